The van der Waals surface area contributed by atoms with Crippen LogP contribution in [-0.4, -0.2) is 17.6 Å². The van der Waals surface area contributed by atoms with E-state index in [9.17, 15) is 9.90 Å². The molecule has 0 bridgehead atoms. The lowest BCUT2D eigenvalue weighted by atomic mass is 10.2. The van der Waals surface area contributed by atoms with Crippen molar-refractivity contribution in [3.05, 3.63) is 52.0 Å². The number of benzene rings is 2. The lowest BCUT2D eigenvalue weighted by molar-refractivity contribution is -0.118. The van der Waals surface area contributed by atoms with Gasteiger partial charge in [-0.1, -0.05) is 35.3 Å². The van der Waals surface area contributed by atoms with Crippen LogP contribution in [0.25, 0.3) is 0 Å². The van der Waals surface area contributed by atoms with Crippen molar-refractivity contribution in [3.8, 4) is 11.5 Å². The standard InChI is InChI=1S/C15H13Cl2NO3/c1-9-6-14(11(17)7-10(9)16)21-8-15(20)18-12-4-2-3-5-13(12)19/h2-7,19H,8H2,1H3,(H,18,20). The van der Waals surface area contributed by atoms with E-state index in [1.807, 2.05) is 6.92 Å². The molecule has 0 radical (unpaired) electrons. The largest absolute Gasteiger partial charge is 0.506 e. The first-order chi connectivity index (χ1) is 9.97. The average molecular weight is 326 g/mol. The van der Waals surface area contributed by atoms with Crippen molar-refractivity contribution in [2.24, 2.45) is 0 Å². The van der Waals surface area contributed by atoms with E-state index in [1.54, 1.807) is 30.3 Å². The zero-order chi connectivity index (χ0) is 15.4. The Morgan fingerprint density at radius 2 is 1.95 bits per heavy atom. The number of halogens is 2. The number of ether oxygens (including phenoxy) is 1. The Bertz CT molecular complexity index is 674. The Labute approximate surface area is 132 Å². The molecule has 0 spiro atoms. The third kappa shape index (κ3) is 4.03. The number of nitrogens with one attached hydrogen (secondary N) is 1. The van der Waals surface area contributed by atoms with Crippen LogP contribution in [0.3, 0.4) is 0 Å². The number of aromatic hydroxyl groups is 1. The minimum atomic E-state index is -0.403. The molecule has 2 N–H and O–H groups in total. The number of hydrogen-bond donors (Lipinski definition) is 2. The molecule has 0 saturated carbocycles. The molecule has 2 aromatic rings. The predicted octanol–water partition coefficient (Wildman–Crippen LogP) is 4.02. The van der Waals surface area contributed by atoms with E-state index < -0.39 is 5.91 Å². The average Bonchev–Trinajstić information content (AvgIpc) is 2.44. The fourth-order valence-electron chi connectivity index (χ4n) is 1.65. The smallest absolute Gasteiger partial charge is 0.262 e. The van der Waals surface area contributed by atoms with E-state index in [2.05, 4.69) is 5.32 Å². The highest BCUT2D eigenvalue weighted by Crippen LogP contribution is 2.30. The zero-order valence-electron chi connectivity index (χ0n) is 11.2. The molecule has 0 unspecified atom stereocenters. The van der Waals surface area contributed by atoms with Gasteiger partial charge >= 0.3 is 0 Å². The minimum absolute atomic E-state index is 0.00813. The van der Waals surface area contributed by atoms with Gasteiger partial charge in [0, 0.05) is 5.02 Å². The molecule has 2 rings (SSSR count). The molecule has 0 aliphatic rings. The summed E-state index contributed by atoms with van der Waals surface area (Å²) < 4.78 is 5.36. The van der Waals surface area contributed by atoms with Gasteiger partial charge in [-0.15, -0.1) is 0 Å². The van der Waals surface area contributed by atoms with E-state index in [-0.39, 0.29) is 12.4 Å². The van der Waals surface area contributed by atoms with E-state index in [1.165, 1.54) is 6.07 Å². The van der Waals surface area contributed by atoms with Gasteiger partial charge < -0.3 is 15.2 Å². The van der Waals surface area contributed by atoms with Crippen molar-refractivity contribution < 1.29 is 14.6 Å². The Morgan fingerprint density at radius 1 is 1.24 bits per heavy atom. The predicted molar refractivity (Wildman–Crippen MR) is 83.4 cm³/mol. The molecule has 0 aromatic heterocycles. The normalized spacial score (nSPS) is 10.2. The maximum Gasteiger partial charge on any atom is 0.262 e. The second-order valence-corrected chi connectivity index (χ2v) is 5.20. The summed E-state index contributed by atoms with van der Waals surface area (Å²) in [6.45, 7) is 1.59. The summed E-state index contributed by atoms with van der Waals surface area (Å²) in [4.78, 5) is 11.8. The molecule has 110 valence electrons. The van der Waals surface area contributed by atoms with Gasteiger partial charge in [-0.3, -0.25) is 4.79 Å². The number of carbonyl (C=O) groups excluding carboxylic acids is 1. The molecule has 2 aromatic carbocycles. The van der Waals surface area contributed by atoms with E-state index in [0.29, 0.717) is 21.5 Å². The van der Waals surface area contributed by atoms with Crippen molar-refractivity contribution in [3.63, 3.8) is 0 Å². The monoisotopic (exact) mass is 325 g/mol. The van der Waals surface area contributed by atoms with Gasteiger partial charge in [0.25, 0.3) is 5.91 Å². The Hall–Kier alpha value is -1.91. The highest BCUT2D eigenvalue weighted by atomic mass is 35.5. The van der Waals surface area contributed by atoms with Gasteiger partial charge in [0.1, 0.15) is 11.5 Å². The SMILES string of the molecule is Cc1cc(OCC(=O)Nc2ccccc2O)c(Cl)cc1Cl. The lowest BCUT2D eigenvalue weighted by Gasteiger charge is -2.11. The molecule has 6 heteroatoms. The maximum absolute atomic E-state index is 11.8. The fraction of sp³-hybridized carbons (Fsp3) is 0.133. The first-order valence-corrected chi connectivity index (χ1v) is 6.89. The molecule has 0 fully saturated rings. The van der Waals surface area contributed by atoms with Crippen LogP contribution in [0.4, 0.5) is 5.69 Å². The first kappa shape index (κ1) is 15.5. The topological polar surface area (TPSA) is 58.6 Å². The van der Waals surface area contributed by atoms with E-state index in [4.69, 9.17) is 27.9 Å². The Morgan fingerprint density at radius 3 is 2.67 bits per heavy atom. The second kappa shape index (κ2) is 6.70. The third-order valence-electron chi connectivity index (χ3n) is 2.75. The number of aryl methyl sites for hydroxylation is 1. The summed E-state index contributed by atoms with van der Waals surface area (Å²) in [5, 5.41) is 13.0. The van der Waals surface area contributed by atoms with Gasteiger partial charge in [-0.05, 0) is 36.8 Å². The summed E-state index contributed by atoms with van der Waals surface area (Å²) >= 11 is 11.9. The zero-order valence-corrected chi connectivity index (χ0v) is 12.7. The highest BCUT2D eigenvalue weighted by Gasteiger charge is 2.10. The summed E-state index contributed by atoms with van der Waals surface area (Å²) in [5.74, 6) is -0.0302. The quantitative estimate of drug-likeness (QED) is 0.834. The number of rotatable bonds is 4. The molecule has 4 nitrogen and oxygen atoms in total. The summed E-state index contributed by atoms with van der Waals surface area (Å²) in [5.41, 5.74) is 1.13. The van der Waals surface area contributed by atoms with Crippen molar-refractivity contribution >= 4 is 34.8 Å². The van der Waals surface area contributed by atoms with Gasteiger partial charge in [-0.2, -0.15) is 0 Å². The van der Waals surface area contributed by atoms with E-state index >= 15 is 0 Å². The number of carbonyl (C=O) groups is 1. The van der Waals surface area contributed by atoms with Gasteiger partial charge in [0.15, 0.2) is 6.61 Å². The Kier molecular flexibility index (Phi) is 4.94. The molecular weight excluding hydrogens is 313 g/mol. The van der Waals surface area contributed by atoms with Gasteiger partial charge in [0.2, 0.25) is 0 Å². The summed E-state index contributed by atoms with van der Waals surface area (Å²) in [6, 6.07) is 9.67. The fourth-order valence-corrected chi connectivity index (χ4v) is 2.09. The first-order valence-electron chi connectivity index (χ1n) is 6.13. The van der Waals surface area contributed by atoms with Crippen molar-refractivity contribution in [1.82, 2.24) is 0 Å². The van der Waals surface area contributed by atoms with Crippen molar-refractivity contribution in [2.75, 3.05) is 11.9 Å². The van der Waals surface area contributed by atoms with Crippen LogP contribution in [0.5, 0.6) is 11.5 Å². The molecule has 0 saturated heterocycles. The number of hydrogen-bond acceptors (Lipinski definition) is 3. The number of phenolic OH excluding ortho intramolecular Hbond substituents is 1. The number of anilines is 1. The molecule has 0 aliphatic carbocycles. The number of phenols is 1. The number of amides is 1. The summed E-state index contributed by atoms with van der Waals surface area (Å²) in [6.07, 6.45) is 0. The highest BCUT2D eigenvalue weighted by molar-refractivity contribution is 6.36. The molecule has 0 heterocycles. The van der Waals surface area contributed by atoms with Crippen LogP contribution in [0.2, 0.25) is 10.0 Å². The molecule has 1 amide bonds. The molecular formula is C15H13Cl2NO3. The molecule has 21 heavy (non-hydrogen) atoms. The third-order valence-corrected chi connectivity index (χ3v) is 3.45. The molecule has 0 aliphatic heterocycles. The second-order valence-electron chi connectivity index (χ2n) is 4.39. The maximum atomic E-state index is 11.8. The van der Waals surface area contributed by atoms with Crippen LogP contribution in [0.15, 0.2) is 36.4 Å². The van der Waals surface area contributed by atoms with Crippen LogP contribution in [0, 0.1) is 6.92 Å². The summed E-state index contributed by atoms with van der Waals surface area (Å²) in [7, 11) is 0. The van der Waals surface area contributed by atoms with Crippen LogP contribution < -0.4 is 10.1 Å². The Balaban J connectivity index is 1.99. The van der Waals surface area contributed by atoms with Crippen molar-refractivity contribution in [2.45, 2.75) is 6.92 Å². The van der Waals surface area contributed by atoms with Crippen molar-refractivity contribution in [1.29, 1.82) is 0 Å². The van der Waals surface area contributed by atoms with Gasteiger partial charge in [0.05, 0.1) is 10.7 Å². The van der Waals surface area contributed by atoms with Gasteiger partial charge in [-0.25, -0.2) is 0 Å². The van der Waals surface area contributed by atoms with Crippen LogP contribution in [0.1, 0.15) is 5.56 Å². The van der Waals surface area contributed by atoms with E-state index in [0.717, 1.165) is 5.56 Å². The lowest BCUT2D eigenvalue weighted by Crippen LogP contribution is -2.20. The minimum Gasteiger partial charge on any atom is -0.506 e. The van der Waals surface area contributed by atoms with Crippen LogP contribution >= 0.6 is 23.2 Å². The van der Waals surface area contributed by atoms with Crippen LogP contribution in [-0.2, 0) is 4.79 Å². The number of para-hydroxylation sites is 2. The molecule has 0 atom stereocenters.